The van der Waals surface area contributed by atoms with Gasteiger partial charge in [0.2, 0.25) is 0 Å². The van der Waals surface area contributed by atoms with E-state index < -0.39 is 0 Å². The number of nitrogens with one attached hydrogen (secondary N) is 1. The summed E-state index contributed by atoms with van der Waals surface area (Å²) in [6, 6.07) is 7.07. The van der Waals surface area contributed by atoms with Crippen molar-refractivity contribution < 1.29 is 0 Å². The topological polar surface area (TPSA) is 12.0 Å². The average molecular weight is 241 g/mol. The van der Waals surface area contributed by atoms with Gasteiger partial charge in [0.05, 0.1) is 0 Å². The molecule has 0 aromatic heterocycles. The van der Waals surface area contributed by atoms with Gasteiger partial charge in [-0.3, -0.25) is 0 Å². The fourth-order valence-electron chi connectivity index (χ4n) is 4.76. The molecule has 1 atom stereocenters. The second-order valence-electron chi connectivity index (χ2n) is 7.21. The minimum atomic E-state index is 0.494. The minimum Gasteiger partial charge on any atom is -0.313 e. The van der Waals surface area contributed by atoms with Crippen LogP contribution < -0.4 is 5.32 Å². The van der Waals surface area contributed by atoms with Crippen LogP contribution in [-0.4, -0.2) is 6.54 Å². The molecule has 2 aliphatic carbocycles. The fraction of sp³-hybridized carbons (Fsp3) is 0.647. The third-order valence-electron chi connectivity index (χ3n) is 5.91. The number of benzene rings is 1. The SMILES string of the molecule is CC1(C)CC2CCNCc3cccc(c32)C12CC2. The summed E-state index contributed by atoms with van der Waals surface area (Å²) < 4.78 is 0. The van der Waals surface area contributed by atoms with Gasteiger partial charge in [0.1, 0.15) is 0 Å². The molecule has 1 spiro atoms. The van der Waals surface area contributed by atoms with E-state index in [0.29, 0.717) is 10.8 Å². The van der Waals surface area contributed by atoms with E-state index in [4.69, 9.17) is 0 Å². The van der Waals surface area contributed by atoms with Crippen LogP contribution in [0.5, 0.6) is 0 Å². The molecule has 0 saturated heterocycles. The standard InChI is InChI=1S/C17H23N/c1-16(2)10-12-6-9-18-11-13-4-3-5-14(15(12)13)17(16)7-8-17/h3-5,12,18H,6-11H2,1-2H3. The van der Waals surface area contributed by atoms with Crippen LogP contribution in [-0.2, 0) is 12.0 Å². The third kappa shape index (κ3) is 1.26. The van der Waals surface area contributed by atoms with Crippen molar-refractivity contribution in [3.8, 4) is 0 Å². The summed E-state index contributed by atoms with van der Waals surface area (Å²) in [5.74, 6) is 0.799. The van der Waals surface area contributed by atoms with Crippen LogP contribution >= 0.6 is 0 Å². The summed E-state index contributed by atoms with van der Waals surface area (Å²) in [5, 5.41) is 3.60. The van der Waals surface area contributed by atoms with Gasteiger partial charge in [0.25, 0.3) is 0 Å². The highest BCUT2D eigenvalue weighted by atomic mass is 14.9. The molecule has 1 aromatic rings. The molecule has 0 bridgehead atoms. The third-order valence-corrected chi connectivity index (χ3v) is 5.91. The zero-order valence-corrected chi connectivity index (χ0v) is 11.6. The Morgan fingerprint density at radius 3 is 2.83 bits per heavy atom. The van der Waals surface area contributed by atoms with Crippen LogP contribution in [0.4, 0.5) is 0 Å². The second kappa shape index (κ2) is 3.39. The zero-order valence-electron chi connectivity index (χ0n) is 11.6. The monoisotopic (exact) mass is 241 g/mol. The minimum absolute atomic E-state index is 0.494. The number of hydrogen-bond acceptors (Lipinski definition) is 1. The molecule has 0 amide bonds. The molecule has 1 aliphatic heterocycles. The van der Waals surface area contributed by atoms with Crippen molar-refractivity contribution in [1.29, 1.82) is 0 Å². The largest absolute Gasteiger partial charge is 0.313 e. The van der Waals surface area contributed by atoms with Gasteiger partial charge in [0, 0.05) is 12.0 Å². The van der Waals surface area contributed by atoms with E-state index in [-0.39, 0.29) is 0 Å². The van der Waals surface area contributed by atoms with Gasteiger partial charge < -0.3 is 5.32 Å². The summed E-state index contributed by atoms with van der Waals surface area (Å²) in [6.45, 7) is 7.28. The highest BCUT2D eigenvalue weighted by Crippen LogP contribution is 2.67. The Morgan fingerprint density at radius 2 is 2.06 bits per heavy atom. The zero-order chi connectivity index (χ0) is 12.4. The first-order chi connectivity index (χ1) is 8.64. The highest BCUT2D eigenvalue weighted by molar-refractivity contribution is 5.50. The molecule has 3 aliphatic rings. The van der Waals surface area contributed by atoms with Gasteiger partial charge in [-0.25, -0.2) is 0 Å². The van der Waals surface area contributed by atoms with E-state index in [1.807, 2.05) is 0 Å². The van der Waals surface area contributed by atoms with E-state index in [9.17, 15) is 0 Å². The van der Waals surface area contributed by atoms with Crippen LogP contribution in [0, 0.1) is 5.41 Å². The number of hydrogen-bond donors (Lipinski definition) is 1. The first-order valence-electron chi connectivity index (χ1n) is 7.47. The molecular weight excluding hydrogens is 218 g/mol. The maximum atomic E-state index is 3.60. The van der Waals surface area contributed by atoms with Gasteiger partial charge in [-0.05, 0) is 60.3 Å². The molecule has 4 rings (SSSR count). The van der Waals surface area contributed by atoms with E-state index in [2.05, 4.69) is 37.4 Å². The molecule has 0 radical (unpaired) electrons. The molecule has 18 heavy (non-hydrogen) atoms. The van der Waals surface area contributed by atoms with Gasteiger partial charge in [-0.2, -0.15) is 0 Å². The average Bonchev–Trinajstić information content (AvgIpc) is 3.12. The first-order valence-corrected chi connectivity index (χ1v) is 7.47. The molecule has 1 heteroatoms. The normalized spacial score (nSPS) is 30.7. The fourth-order valence-corrected chi connectivity index (χ4v) is 4.76. The Bertz CT molecular complexity index is 496. The molecule has 1 N–H and O–H groups in total. The van der Waals surface area contributed by atoms with Crippen molar-refractivity contribution in [2.75, 3.05) is 6.54 Å². The first kappa shape index (κ1) is 11.0. The summed E-state index contributed by atoms with van der Waals surface area (Å²) in [5.41, 5.74) is 6.05. The van der Waals surface area contributed by atoms with Gasteiger partial charge >= 0.3 is 0 Å². The van der Waals surface area contributed by atoms with Gasteiger partial charge in [0.15, 0.2) is 0 Å². The molecule has 1 nitrogen and oxygen atoms in total. The second-order valence-corrected chi connectivity index (χ2v) is 7.21. The Hall–Kier alpha value is -0.820. The molecule has 1 fully saturated rings. The smallest absolute Gasteiger partial charge is 0.0208 e. The molecule has 1 aromatic carbocycles. The Labute approximate surface area is 110 Å². The highest BCUT2D eigenvalue weighted by Gasteiger charge is 2.59. The molecule has 1 saturated carbocycles. The lowest BCUT2D eigenvalue weighted by atomic mass is 9.59. The van der Waals surface area contributed by atoms with Crippen molar-refractivity contribution in [3.63, 3.8) is 0 Å². The lowest BCUT2D eigenvalue weighted by Gasteiger charge is -2.45. The lowest BCUT2D eigenvalue weighted by molar-refractivity contribution is 0.197. The predicted octanol–water partition coefficient (Wildman–Crippen LogP) is 3.73. The Balaban J connectivity index is 1.96. The molecular formula is C17H23N. The maximum Gasteiger partial charge on any atom is 0.0208 e. The van der Waals surface area contributed by atoms with Crippen molar-refractivity contribution in [1.82, 2.24) is 5.32 Å². The summed E-state index contributed by atoms with van der Waals surface area (Å²) in [7, 11) is 0. The van der Waals surface area contributed by atoms with Crippen LogP contribution in [0.25, 0.3) is 0 Å². The van der Waals surface area contributed by atoms with Gasteiger partial charge in [-0.1, -0.05) is 32.0 Å². The van der Waals surface area contributed by atoms with E-state index >= 15 is 0 Å². The summed E-state index contributed by atoms with van der Waals surface area (Å²) in [6.07, 6.45) is 5.54. The summed E-state index contributed by atoms with van der Waals surface area (Å²) in [4.78, 5) is 0. The van der Waals surface area contributed by atoms with Crippen LogP contribution in [0.3, 0.4) is 0 Å². The molecule has 1 heterocycles. The van der Waals surface area contributed by atoms with Crippen molar-refractivity contribution in [2.45, 2.75) is 57.4 Å². The Kier molecular flexibility index (Phi) is 2.08. The lowest BCUT2D eigenvalue weighted by Crippen LogP contribution is -2.37. The van der Waals surface area contributed by atoms with Crippen LogP contribution in [0.2, 0.25) is 0 Å². The molecule has 1 unspecified atom stereocenters. The van der Waals surface area contributed by atoms with Crippen molar-refractivity contribution >= 4 is 0 Å². The Morgan fingerprint density at radius 1 is 1.22 bits per heavy atom. The van der Waals surface area contributed by atoms with Crippen LogP contribution in [0.1, 0.15) is 62.1 Å². The number of rotatable bonds is 0. The number of fused-ring (bicyclic) bond motifs is 1. The predicted molar refractivity (Wildman–Crippen MR) is 74.8 cm³/mol. The van der Waals surface area contributed by atoms with Crippen molar-refractivity contribution in [3.05, 3.63) is 34.9 Å². The van der Waals surface area contributed by atoms with Crippen molar-refractivity contribution in [2.24, 2.45) is 5.41 Å². The van der Waals surface area contributed by atoms with Gasteiger partial charge in [-0.15, -0.1) is 0 Å². The van der Waals surface area contributed by atoms with E-state index in [1.165, 1.54) is 32.2 Å². The summed E-state index contributed by atoms with van der Waals surface area (Å²) >= 11 is 0. The maximum absolute atomic E-state index is 3.60. The quantitative estimate of drug-likeness (QED) is 0.730. The van der Waals surface area contributed by atoms with E-state index in [0.717, 1.165) is 12.5 Å². The van der Waals surface area contributed by atoms with Crippen LogP contribution in [0.15, 0.2) is 18.2 Å². The van der Waals surface area contributed by atoms with E-state index in [1.54, 1.807) is 16.7 Å². The molecule has 96 valence electrons.